The number of hydrogen-bond donors (Lipinski definition) is 4. The number of carbonyl (C=O) groups is 3. The number of carbonyl (C=O) groups excluding carboxylic acids is 2. The van der Waals surface area contributed by atoms with Gasteiger partial charge in [-0.1, -0.05) is 12.0 Å². The van der Waals surface area contributed by atoms with E-state index in [1.807, 2.05) is 6.07 Å². The maximum absolute atomic E-state index is 12.3. The second-order valence-corrected chi connectivity index (χ2v) is 7.11. The number of nitrogens with one attached hydrogen (secondary N) is 3. The van der Waals surface area contributed by atoms with Gasteiger partial charge in [0.1, 0.15) is 11.9 Å². The first-order chi connectivity index (χ1) is 15.5. The predicted octanol–water partition coefficient (Wildman–Crippen LogP) is 0.421. The van der Waals surface area contributed by atoms with Crippen molar-refractivity contribution >= 4 is 23.8 Å². The van der Waals surface area contributed by atoms with E-state index in [0.717, 1.165) is 30.9 Å². The number of rotatable bonds is 9. The molecule has 1 unspecified atom stereocenters. The van der Waals surface area contributed by atoms with Crippen LogP contribution in [0.3, 0.4) is 0 Å². The number of ether oxygens (including phenoxy) is 1. The zero-order valence-electron chi connectivity index (χ0n) is 17.3. The number of hydrogen-bond acceptors (Lipinski definition) is 7. The van der Waals surface area contributed by atoms with E-state index in [4.69, 9.17) is 6.42 Å². The highest BCUT2D eigenvalue weighted by molar-refractivity contribution is 5.94. The van der Waals surface area contributed by atoms with E-state index in [1.54, 1.807) is 10.9 Å². The van der Waals surface area contributed by atoms with Gasteiger partial charge in [0.2, 0.25) is 0 Å². The Kier molecular flexibility index (Phi) is 7.64. The van der Waals surface area contributed by atoms with Crippen LogP contribution in [-0.4, -0.2) is 63.6 Å². The number of fused-ring (bicyclic) bond motifs is 1. The zero-order valence-corrected chi connectivity index (χ0v) is 17.3. The molecule has 0 bridgehead atoms. The van der Waals surface area contributed by atoms with Crippen molar-refractivity contribution in [2.24, 2.45) is 0 Å². The molecule has 2 aromatic heterocycles. The molecule has 0 saturated carbocycles. The van der Waals surface area contributed by atoms with E-state index in [1.165, 1.54) is 11.8 Å². The third-order valence-electron chi connectivity index (χ3n) is 4.79. The minimum atomic E-state index is -1.37. The summed E-state index contributed by atoms with van der Waals surface area (Å²) in [6, 6.07) is 2.71. The Labute approximate surface area is 184 Å². The third-order valence-corrected chi connectivity index (χ3v) is 4.79. The second-order valence-electron chi connectivity index (χ2n) is 7.11. The normalized spacial score (nSPS) is 13.1. The molecule has 168 valence electrons. The Morgan fingerprint density at radius 3 is 3.00 bits per heavy atom. The maximum Gasteiger partial charge on any atom is 0.408 e. The predicted molar refractivity (Wildman–Crippen MR) is 114 cm³/mol. The van der Waals surface area contributed by atoms with Gasteiger partial charge in [-0.2, -0.15) is 5.10 Å². The number of nitrogens with zero attached hydrogens (tertiary/aromatic N) is 3. The van der Waals surface area contributed by atoms with Crippen molar-refractivity contribution in [3.05, 3.63) is 41.3 Å². The smallest absolute Gasteiger partial charge is 0.408 e. The summed E-state index contributed by atoms with van der Waals surface area (Å²) in [5.74, 6) is 1.18. The SMILES string of the molecule is C#CCOC(=O)NC(CNC(=O)c1cnn(CCc2ccc3c(n2)NCCC3)c1)C(=O)O. The molecule has 0 aliphatic carbocycles. The van der Waals surface area contributed by atoms with E-state index in [9.17, 15) is 19.5 Å². The minimum Gasteiger partial charge on any atom is -0.480 e. The van der Waals surface area contributed by atoms with E-state index >= 15 is 0 Å². The monoisotopic (exact) mass is 440 g/mol. The van der Waals surface area contributed by atoms with Crippen LogP contribution in [0.5, 0.6) is 0 Å². The van der Waals surface area contributed by atoms with Gasteiger partial charge in [0.15, 0.2) is 6.61 Å². The number of aromatic nitrogens is 3. The van der Waals surface area contributed by atoms with Gasteiger partial charge in [0.05, 0.1) is 11.8 Å². The Morgan fingerprint density at radius 1 is 1.38 bits per heavy atom. The Hall–Kier alpha value is -4.07. The van der Waals surface area contributed by atoms with Crippen LogP contribution in [0.25, 0.3) is 0 Å². The van der Waals surface area contributed by atoms with Crippen LogP contribution in [-0.2, 0) is 28.9 Å². The van der Waals surface area contributed by atoms with Gasteiger partial charge in [-0.3, -0.25) is 9.48 Å². The molecule has 3 rings (SSSR count). The van der Waals surface area contributed by atoms with Crippen LogP contribution in [0.2, 0.25) is 0 Å². The molecular weight excluding hydrogens is 416 g/mol. The molecule has 0 spiro atoms. The van der Waals surface area contributed by atoms with E-state index in [2.05, 4.69) is 42.8 Å². The second kappa shape index (κ2) is 10.8. The Bertz CT molecular complexity index is 1030. The first kappa shape index (κ1) is 22.6. The molecule has 1 atom stereocenters. The summed E-state index contributed by atoms with van der Waals surface area (Å²) >= 11 is 0. The van der Waals surface area contributed by atoms with Gasteiger partial charge >= 0.3 is 12.1 Å². The zero-order chi connectivity index (χ0) is 22.9. The van der Waals surface area contributed by atoms with Crippen LogP contribution in [0.4, 0.5) is 10.6 Å². The number of anilines is 1. The maximum atomic E-state index is 12.3. The molecule has 11 nitrogen and oxygen atoms in total. The van der Waals surface area contributed by atoms with E-state index < -0.39 is 24.0 Å². The summed E-state index contributed by atoms with van der Waals surface area (Å²) < 4.78 is 6.19. The Balaban J connectivity index is 1.50. The number of aliphatic carboxylic acids is 1. The molecule has 0 aromatic carbocycles. The van der Waals surface area contributed by atoms with Crippen molar-refractivity contribution in [3.8, 4) is 12.3 Å². The topological polar surface area (TPSA) is 147 Å². The molecule has 32 heavy (non-hydrogen) atoms. The molecule has 11 heteroatoms. The number of carboxylic acids is 1. The van der Waals surface area contributed by atoms with Crippen LogP contribution >= 0.6 is 0 Å². The highest BCUT2D eigenvalue weighted by Crippen LogP contribution is 2.19. The molecule has 0 radical (unpaired) electrons. The van der Waals surface area contributed by atoms with Gasteiger partial charge in [0.25, 0.3) is 5.91 Å². The first-order valence-corrected chi connectivity index (χ1v) is 10.1. The summed E-state index contributed by atoms with van der Waals surface area (Å²) in [7, 11) is 0. The number of aryl methyl sites for hydroxylation is 3. The quantitative estimate of drug-likeness (QED) is 0.410. The molecule has 1 aliphatic heterocycles. The lowest BCUT2D eigenvalue weighted by Gasteiger charge is -2.17. The van der Waals surface area contributed by atoms with Crippen molar-refractivity contribution in [1.82, 2.24) is 25.4 Å². The average Bonchev–Trinajstić information content (AvgIpc) is 3.27. The molecule has 0 fully saturated rings. The largest absolute Gasteiger partial charge is 0.480 e. The molecule has 2 amide bonds. The summed E-state index contributed by atoms with van der Waals surface area (Å²) in [6.07, 6.45) is 9.71. The molecule has 0 saturated heterocycles. The summed E-state index contributed by atoms with van der Waals surface area (Å²) in [5, 5.41) is 21.3. The molecule has 3 heterocycles. The summed E-state index contributed by atoms with van der Waals surface area (Å²) in [5.41, 5.74) is 2.41. The number of alkyl carbamates (subject to hydrolysis) is 1. The van der Waals surface area contributed by atoms with Crippen molar-refractivity contribution in [3.63, 3.8) is 0 Å². The van der Waals surface area contributed by atoms with E-state index in [-0.39, 0.29) is 18.7 Å². The molecule has 4 N–H and O–H groups in total. The molecule has 2 aromatic rings. The van der Waals surface area contributed by atoms with Crippen LogP contribution < -0.4 is 16.0 Å². The highest BCUT2D eigenvalue weighted by atomic mass is 16.5. The van der Waals surface area contributed by atoms with Gasteiger partial charge in [-0.05, 0) is 24.5 Å². The van der Waals surface area contributed by atoms with Crippen molar-refractivity contribution in [1.29, 1.82) is 0 Å². The number of carboxylic acid groups (broad SMARTS) is 1. The fourth-order valence-electron chi connectivity index (χ4n) is 3.13. The standard InChI is InChI=1S/C21H24N6O5/c1-2-10-32-21(31)26-17(20(29)30)12-23-19(28)15-11-24-27(13-15)9-7-16-6-5-14-4-3-8-22-18(14)25-16/h1,5-6,11,13,17H,3-4,7-10,12H2,(H,22,25)(H,23,28)(H,26,31)(H,29,30). The fourth-order valence-corrected chi connectivity index (χ4v) is 3.13. The molecular formula is C21H24N6O5. The van der Waals surface area contributed by atoms with Crippen molar-refractivity contribution in [2.45, 2.75) is 31.8 Å². The fraction of sp³-hybridized carbons (Fsp3) is 0.381. The van der Waals surface area contributed by atoms with Gasteiger partial charge in [-0.15, -0.1) is 6.42 Å². The lowest BCUT2D eigenvalue weighted by molar-refractivity contribution is -0.139. The highest BCUT2D eigenvalue weighted by Gasteiger charge is 2.22. The van der Waals surface area contributed by atoms with Gasteiger partial charge in [-0.25, -0.2) is 14.6 Å². The van der Waals surface area contributed by atoms with Gasteiger partial charge in [0, 0.05) is 37.9 Å². The van der Waals surface area contributed by atoms with Crippen LogP contribution in [0.1, 0.15) is 28.0 Å². The van der Waals surface area contributed by atoms with Crippen molar-refractivity contribution in [2.75, 3.05) is 25.0 Å². The first-order valence-electron chi connectivity index (χ1n) is 10.1. The third kappa shape index (κ3) is 6.21. The number of pyridine rings is 1. The van der Waals surface area contributed by atoms with E-state index in [0.29, 0.717) is 13.0 Å². The van der Waals surface area contributed by atoms with Crippen LogP contribution in [0.15, 0.2) is 24.5 Å². The Morgan fingerprint density at radius 2 is 2.22 bits per heavy atom. The van der Waals surface area contributed by atoms with Gasteiger partial charge < -0.3 is 25.8 Å². The minimum absolute atomic E-state index is 0.268. The molecule has 1 aliphatic rings. The summed E-state index contributed by atoms with van der Waals surface area (Å²) in [4.78, 5) is 39.7. The summed E-state index contributed by atoms with van der Waals surface area (Å²) in [6.45, 7) is 0.822. The lowest BCUT2D eigenvalue weighted by atomic mass is 10.1. The number of amides is 2. The van der Waals surface area contributed by atoms with Crippen LogP contribution in [0, 0.1) is 12.3 Å². The number of terminal acetylenes is 1. The lowest BCUT2D eigenvalue weighted by Crippen LogP contribution is -2.48. The average molecular weight is 440 g/mol. The van der Waals surface area contributed by atoms with Crippen molar-refractivity contribution < 1.29 is 24.2 Å².